The van der Waals surface area contributed by atoms with Crippen LogP contribution in [0.1, 0.15) is 26.2 Å². The minimum Gasteiger partial charge on any atom is -0.398 e. The standard InChI is InChI=1S/C12H21N3/c1-9-5-4-6-10(13)12(9)11(14)7-8-15(2)3/h6,14H,4-5,7-8,13H2,1-3H3. The van der Waals surface area contributed by atoms with Gasteiger partial charge in [-0.25, -0.2) is 0 Å². The zero-order chi connectivity index (χ0) is 11.4. The number of allylic oxidation sites excluding steroid dienone is 3. The first-order valence-electron chi connectivity index (χ1n) is 5.40. The summed E-state index contributed by atoms with van der Waals surface area (Å²) in [6.07, 6.45) is 4.86. The third-order valence-electron chi connectivity index (χ3n) is 2.71. The van der Waals surface area contributed by atoms with Crippen molar-refractivity contribution >= 4 is 5.71 Å². The summed E-state index contributed by atoms with van der Waals surface area (Å²) in [6, 6.07) is 0. The van der Waals surface area contributed by atoms with Crippen LogP contribution in [-0.2, 0) is 0 Å². The van der Waals surface area contributed by atoms with Crippen molar-refractivity contribution in [2.75, 3.05) is 20.6 Å². The molecule has 0 amide bonds. The molecule has 3 N–H and O–H groups in total. The third kappa shape index (κ3) is 3.20. The summed E-state index contributed by atoms with van der Waals surface area (Å²) in [4.78, 5) is 2.09. The molecule has 0 bridgehead atoms. The maximum absolute atomic E-state index is 8.03. The number of rotatable bonds is 4. The van der Waals surface area contributed by atoms with E-state index in [4.69, 9.17) is 11.1 Å². The van der Waals surface area contributed by atoms with Gasteiger partial charge in [-0.05, 0) is 33.9 Å². The van der Waals surface area contributed by atoms with Crippen LogP contribution in [0.15, 0.2) is 22.9 Å². The predicted molar refractivity (Wildman–Crippen MR) is 65.1 cm³/mol. The molecule has 0 fully saturated rings. The summed E-state index contributed by atoms with van der Waals surface area (Å²) in [5.41, 5.74) is 9.65. The molecule has 84 valence electrons. The molecular formula is C12H21N3. The van der Waals surface area contributed by atoms with Gasteiger partial charge in [-0.1, -0.05) is 11.6 Å². The molecule has 3 nitrogen and oxygen atoms in total. The van der Waals surface area contributed by atoms with Gasteiger partial charge < -0.3 is 16.0 Å². The minimum absolute atomic E-state index is 0.676. The van der Waals surface area contributed by atoms with Gasteiger partial charge in [0.1, 0.15) is 0 Å². The number of nitrogens with one attached hydrogen (secondary N) is 1. The smallest absolute Gasteiger partial charge is 0.0418 e. The Bertz CT molecular complexity index is 311. The van der Waals surface area contributed by atoms with Crippen molar-refractivity contribution < 1.29 is 0 Å². The first-order valence-corrected chi connectivity index (χ1v) is 5.40. The SMILES string of the molecule is CC1=C(C(=N)CCN(C)C)C(N)=CCC1. The van der Waals surface area contributed by atoms with Gasteiger partial charge >= 0.3 is 0 Å². The van der Waals surface area contributed by atoms with Crippen molar-refractivity contribution in [3.63, 3.8) is 0 Å². The number of nitrogens with two attached hydrogens (primary N) is 1. The Morgan fingerprint density at radius 1 is 1.53 bits per heavy atom. The number of nitrogens with zero attached hydrogens (tertiary/aromatic N) is 1. The Morgan fingerprint density at radius 2 is 2.20 bits per heavy atom. The molecule has 0 aliphatic heterocycles. The Hall–Kier alpha value is -1.09. The second-order valence-corrected chi connectivity index (χ2v) is 4.39. The van der Waals surface area contributed by atoms with Gasteiger partial charge in [0.05, 0.1) is 0 Å². The van der Waals surface area contributed by atoms with E-state index in [9.17, 15) is 0 Å². The molecular weight excluding hydrogens is 186 g/mol. The topological polar surface area (TPSA) is 53.1 Å². The summed E-state index contributed by atoms with van der Waals surface area (Å²) in [6.45, 7) is 2.99. The van der Waals surface area contributed by atoms with Crippen molar-refractivity contribution in [3.8, 4) is 0 Å². The van der Waals surface area contributed by atoms with Crippen molar-refractivity contribution in [1.82, 2.24) is 4.90 Å². The predicted octanol–water partition coefficient (Wildman–Crippen LogP) is 1.91. The quantitative estimate of drug-likeness (QED) is 0.692. The summed E-state index contributed by atoms with van der Waals surface area (Å²) < 4.78 is 0. The van der Waals surface area contributed by atoms with Crippen LogP contribution in [0.3, 0.4) is 0 Å². The van der Waals surface area contributed by atoms with Crippen LogP contribution in [0.5, 0.6) is 0 Å². The largest absolute Gasteiger partial charge is 0.398 e. The third-order valence-corrected chi connectivity index (χ3v) is 2.71. The molecule has 0 saturated carbocycles. The normalized spacial score (nSPS) is 16.9. The van der Waals surface area contributed by atoms with Gasteiger partial charge in [0.2, 0.25) is 0 Å². The van der Waals surface area contributed by atoms with Crippen LogP contribution in [0.4, 0.5) is 0 Å². The fourth-order valence-electron chi connectivity index (χ4n) is 1.81. The molecule has 0 saturated heterocycles. The zero-order valence-electron chi connectivity index (χ0n) is 9.93. The first-order chi connectivity index (χ1) is 7.02. The summed E-state index contributed by atoms with van der Waals surface area (Å²) >= 11 is 0. The van der Waals surface area contributed by atoms with Crippen LogP contribution < -0.4 is 5.73 Å². The van der Waals surface area contributed by atoms with Crippen molar-refractivity contribution in [1.29, 1.82) is 5.41 Å². The monoisotopic (exact) mass is 207 g/mol. The summed E-state index contributed by atoms with van der Waals surface area (Å²) in [5, 5.41) is 8.03. The molecule has 15 heavy (non-hydrogen) atoms. The fraction of sp³-hybridized carbons (Fsp3) is 0.583. The molecule has 0 aromatic heterocycles. The average molecular weight is 207 g/mol. The van der Waals surface area contributed by atoms with Crippen molar-refractivity contribution in [2.24, 2.45) is 5.73 Å². The average Bonchev–Trinajstić information content (AvgIpc) is 2.14. The van der Waals surface area contributed by atoms with E-state index in [1.54, 1.807) is 0 Å². The van der Waals surface area contributed by atoms with E-state index in [1.165, 1.54) is 5.57 Å². The van der Waals surface area contributed by atoms with Crippen molar-refractivity contribution in [2.45, 2.75) is 26.2 Å². The van der Waals surface area contributed by atoms with E-state index in [0.29, 0.717) is 5.71 Å². The zero-order valence-corrected chi connectivity index (χ0v) is 9.93. The van der Waals surface area contributed by atoms with Gasteiger partial charge in [-0.2, -0.15) is 0 Å². The van der Waals surface area contributed by atoms with E-state index in [-0.39, 0.29) is 0 Å². The molecule has 0 spiro atoms. The Labute approximate surface area is 92.2 Å². The lowest BCUT2D eigenvalue weighted by Gasteiger charge is -2.19. The molecule has 0 radical (unpaired) electrons. The van der Waals surface area contributed by atoms with Crippen LogP contribution in [0.25, 0.3) is 0 Å². The molecule has 0 atom stereocenters. The van der Waals surface area contributed by atoms with E-state index in [2.05, 4.69) is 11.8 Å². The molecule has 0 heterocycles. The highest BCUT2D eigenvalue weighted by Gasteiger charge is 2.15. The van der Waals surface area contributed by atoms with E-state index in [0.717, 1.165) is 37.1 Å². The van der Waals surface area contributed by atoms with E-state index < -0.39 is 0 Å². The lowest BCUT2D eigenvalue weighted by atomic mass is 9.91. The van der Waals surface area contributed by atoms with Crippen LogP contribution >= 0.6 is 0 Å². The van der Waals surface area contributed by atoms with E-state index >= 15 is 0 Å². The van der Waals surface area contributed by atoms with Crippen LogP contribution in [0.2, 0.25) is 0 Å². The summed E-state index contributed by atoms with van der Waals surface area (Å²) in [5.74, 6) is 0. The molecule has 1 rings (SSSR count). The molecule has 1 aliphatic carbocycles. The molecule has 0 aromatic carbocycles. The highest BCUT2D eigenvalue weighted by Crippen LogP contribution is 2.23. The number of hydrogen-bond acceptors (Lipinski definition) is 3. The summed E-state index contributed by atoms with van der Waals surface area (Å²) in [7, 11) is 4.04. The van der Waals surface area contributed by atoms with E-state index in [1.807, 2.05) is 20.2 Å². The van der Waals surface area contributed by atoms with Crippen LogP contribution in [0, 0.1) is 5.41 Å². The Morgan fingerprint density at radius 3 is 2.73 bits per heavy atom. The van der Waals surface area contributed by atoms with Gasteiger partial charge in [0, 0.05) is 29.9 Å². The van der Waals surface area contributed by atoms with Gasteiger partial charge in [0.15, 0.2) is 0 Å². The fourth-order valence-corrected chi connectivity index (χ4v) is 1.81. The Balaban J connectivity index is 2.69. The highest BCUT2D eigenvalue weighted by atomic mass is 15.0. The highest BCUT2D eigenvalue weighted by molar-refractivity contribution is 6.02. The van der Waals surface area contributed by atoms with Gasteiger partial charge in [0.25, 0.3) is 0 Å². The second kappa shape index (κ2) is 5.12. The maximum atomic E-state index is 8.03. The minimum atomic E-state index is 0.676. The number of hydrogen-bond donors (Lipinski definition) is 2. The second-order valence-electron chi connectivity index (χ2n) is 4.39. The maximum Gasteiger partial charge on any atom is 0.0418 e. The molecule has 0 unspecified atom stereocenters. The molecule has 1 aliphatic rings. The van der Waals surface area contributed by atoms with Crippen LogP contribution in [-0.4, -0.2) is 31.3 Å². The lowest BCUT2D eigenvalue weighted by Crippen LogP contribution is -2.21. The van der Waals surface area contributed by atoms with Gasteiger partial charge in [-0.15, -0.1) is 0 Å². The lowest BCUT2D eigenvalue weighted by molar-refractivity contribution is 0.421. The molecule has 3 heteroatoms. The Kier molecular flexibility index (Phi) is 4.09. The first kappa shape index (κ1) is 12.0. The molecule has 0 aromatic rings. The van der Waals surface area contributed by atoms with Crippen molar-refractivity contribution in [3.05, 3.63) is 22.9 Å². The van der Waals surface area contributed by atoms with Gasteiger partial charge in [-0.3, -0.25) is 0 Å².